The van der Waals surface area contributed by atoms with Gasteiger partial charge in [0.25, 0.3) is 23.1 Å². The van der Waals surface area contributed by atoms with Gasteiger partial charge in [-0.1, -0.05) is 131 Å². The smallest absolute Gasteiger partial charge is 1.00 e. The number of nitrogens with two attached hydrogens (primary N) is 3. The van der Waals surface area contributed by atoms with Crippen LogP contribution in [0.3, 0.4) is 0 Å². The van der Waals surface area contributed by atoms with Crippen LogP contribution in [0.5, 0.6) is 11.5 Å². The monoisotopic (exact) mass is 1950 g/mol. The molecule has 10 N–H and O–H groups in total. The topological polar surface area (TPSA) is 498 Å². The first-order chi connectivity index (χ1) is 55.0. The Kier molecular flexibility index (Phi) is 119. The van der Waals surface area contributed by atoms with Crippen molar-refractivity contribution in [1.82, 2.24) is 20.3 Å². The number of H-pyrrole nitrogens is 1. The van der Waals surface area contributed by atoms with Crippen molar-refractivity contribution in [3.63, 3.8) is 0 Å². The number of hydrogen-bond acceptors (Lipinski definition) is 31. The number of carbonyl (C=O) groups is 5. The standard InChI is InChI=1S/C12H18N2O.C11H17N3O.C9H14O2.C8H17O5P.C8H16O3S.C7H14O.C7H12O.C5H6N2O.C5H8O.C4H8O.CH3ClO2S.2CH2O3.5CH4.4K.2H/c13-12-9-11(5-7-14-12)15-8-6-10-3-1-2-4-10;12-11-7-10(2-5-14-11)15-6-3-9-1-4-13-8-9;1-2-11-9(10)7-8-5-3-4-6-8;1-4-11-8(9)7-14(10,12-5-2)13-6-3;1-12(9,10)11-7-6-8-4-2-3-5-8;2*8-6-5-7-3-1-2-4-7;6-5-3-4(8)1-2-7-5;6-5-3-1-2-4-5;1-2-4-5-3-1;1-5(2,3)4;2*2-1-4-3;;;;;;;;;;;/h5,7,9-10H,1-4,6,8H2,(H2,13,14);2,5,7,9,13H,1,3-4,6,8H2,(H2,12,14);7H,2-6H2,1H3;4-7H2,1-3H3;8H,2-7H2,1H3;7-8H,1-6H2;5,8H,1-4,6H2;1-3H,(H3,6,7,8);1-4H2;1-4H2;1H3;2*1,3H;5*1H4;;;;;;/q;;;;;;;;;;;;;;;;;;4*+1;2*-1/p-2. The van der Waals surface area contributed by atoms with Crippen molar-refractivity contribution >= 4 is 85.6 Å². The third-order valence-electron chi connectivity index (χ3n) is 17.7. The van der Waals surface area contributed by atoms with Crippen LogP contribution in [-0.4, -0.2) is 177 Å². The molecule has 0 bridgehead atoms. The Morgan fingerprint density at radius 2 is 0.992 bits per heavy atom. The summed E-state index contributed by atoms with van der Waals surface area (Å²) in [6.07, 6.45) is 48.0. The molecule has 5 heterocycles. The van der Waals surface area contributed by atoms with Gasteiger partial charge in [-0.25, -0.2) is 23.2 Å². The van der Waals surface area contributed by atoms with Crippen LogP contribution in [0.4, 0.5) is 17.5 Å². The van der Waals surface area contributed by atoms with Gasteiger partial charge in [-0.3, -0.25) is 32.7 Å². The summed E-state index contributed by atoms with van der Waals surface area (Å²) in [5, 5.41) is 37.2. The fourth-order valence-electron chi connectivity index (χ4n) is 12.2. The molecule has 0 aromatic carbocycles. The fourth-order valence-corrected chi connectivity index (χ4v) is 14.1. The normalized spacial score (nSPS) is 15.3. The molecule has 706 valence electrons. The van der Waals surface area contributed by atoms with Crippen LogP contribution in [0.1, 0.15) is 267 Å². The summed E-state index contributed by atoms with van der Waals surface area (Å²) in [5.41, 5.74) is 19.0. The summed E-state index contributed by atoms with van der Waals surface area (Å²) in [7, 11) is -5.19. The van der Waals surface area contributed by atoms with E-state index in [1.54, 1.807) is 51.4 Å². The molecule has 2 aliphatic heterocycles. The average Bonchev–Trinajstić information content (AvgIpc) is 1.22. The molecular formula is C84H157ClK4N7O25PS2. The molecule has 2 saturated heterocycles. The van der Waals surface area contributed by atoms with E-state index in [1.807, 2.05) is 25.1 Å². The number of ether oxygens (including phenoxy) is 5. The van der Waals surface area contributed by atoms with E-state index in [9.17, 15) is 40.6 Å². The Morgan fingerprint density at radius 1 is 0.589 bits per heavy atom. The maximum absolute atomic E-state index is 11.8. The Morgan fingerprint density at radius 3 is 1.31 bits per heavy atom. The first-order valence-electron chi connectivity index (χ1n) is 40.0. The van der Waals surface area contributed by atoms with Gasteiger partial charge in [0.05, 0.1) is 65.4 Å². The van der Waals surface area contributed by atoms with E-state index >= 15 is 0 Å². The first kappa shape index (κ1) is 147. The molecule has 40 heteroatoms. The van der Waals surface area contributed by atoms with Crippen LogP contribution in [0, 0.1) is 23.7 Å². The Labute approximate surface area is 922 Å². The van der Waals surface area contributed by atoms with E-state index in [-0.39, 0.29) is 302 Å². The number of carbonyl (C=O) groups excluding carboxylic acids is 5. The maximum Gasteiger partial charge on any atom is 1.00 e. The van der Waals surface area contributed by atoms with Crippen LogP contribution in [0.25, 0.3) is 0 Å². The summed E-state index contributed by atoms with van der Waals surface area (Å²) < 4.78 is 91.8. The summed E-state index contributed by atoms with van der Waals surface area (Å²) in [6, 6.07) is 9.96. The number of Topliss-reactive ketones (excluding diaryl/α,β-unsaturated/α-hetero) is 1. The van der Waals surface area contributed by atoms with Crippen LogP contribution in [-0.2, 0) is 84.9 Å². The van der Waals surface area contributed by atoms with E-state index in [0.717, 1.165) is 139 Å². The van der Waals surface area contributed by atoms with Gasteiger partial charge in [0, 0.05) is 92.3 Å². The minimum atomic E-state index is -3.28. The van der Waals surface area contributed by atoms with Crippen molar-refractivity contribution in [2.45, 2.75) is 264 Å². The summed E-state index contributed by atoms with van der Waals surface area (Å²) in [4.78, 5) is 75.6. The van der Waals surface area contributed by atoms with E-state index in [0.29, 0.717) is 49.0 Å². The van der Waals surface area contributed by atoms with Crippen LogP contribution in [0.15, 0.2) is 83.1 Å². The number of nitrogens with zero attached hydrogens (tertiary/aromatic N) is 2. The first-order valence-corrected chi connectivity index (χ1v) is 46.2. The Hall–Kier alpha value is -0.115. The maximum atomic E-state index is 11.8. The van der Waals surface area contributed by atoms with Gasteiger partial charge in [-0.15, -0.1) is 0 Å². The molecule has 32 nitrogen and oxygen atoms in total. The molecule has 0 spiro atoms. The van der Waals surface area contributed by atoms with Crippen molar-refractivity contribution in [3.05, 3.63) is 88.5 Å². The number of hydrogen-bond donors (Lipinski definition) is 7. The van der Waals surface area contributed by atoms with Crippen molar-refractivity contribution in [2.75, 3.05) is 122 Å². The number of aromatic nitrogens is 3. The van der Waals surface area contributed by atoms with Crippen LogP contribution >= 0.6 is 18.3 Å². The summed E-state index contributed by atoms with van der Waals surface area (Å²) in [6.45, 7) is 14.6. The number of aliphatic hydroxyl groups is 2. The number of pyridine rings is 3. The molecule has 6 aliphatic carbocycles. The number of nitrogen functional groups attached to an aromatic ring is 3. The second kappa shape index (κ2) is 100. The van der Waals surface area contributed by atoms with Crippen molar-refractivity contribution in [3.8, 4) is 11.5 Å². The molecule has 0 radical (unpaired) electrons. The summed E-state index contributed by atoms with van der Waals surface area (Å²) >= 11 is 0. The molecule has 124 heavy (non-hydrogen) atoms. The fraction of sp³-hybridized carbons (Fsp3) is 0.714. The minimum absolute atomic E-state index is 0. The number of allylic oxidation sites excluding steroid dienone is 2. The molecule has 3 aromatic rings. The zero-order valence-electron chi connectivity index (χ0n) is 74.7. The van der Waals surface area contributed by atoms with E-state index in [1.165, 1.54) is 171 Å². The molecule has 8 aliphatic rings. The number of aliphatic hydroxyl groups excluding tert-OH is 2. The zero-order valence-corrected chi connectivity index (χ0v) is 88.5. The number of ketones is 1. The molecule has 8 fully saturated rings. The average molecular weight is 1950 g/mol. The quantitative estimate of drug-likeness (QED) is 0.00580. The molecule has 3 aromatic heterocycles. The third kappa shape index (κ3) is 99.4. The second-order valence-electron chi connectivity index (χ2n) is 27.3. The van der Waals surface area contributed by atoms with E-state index < -0.39 is 32.7 Å². The number of anilines is 3. The van der Waals surface area contributed by atoms with Crippen molar-refractivity contribution in [2.24, 2.45) is 23.7 Å². The summed E-state index contributed by atoms with van der Waals surface area (Å²) in [5.74, 6) is 6.01. The number of nitrogens with one attached hydrogen (secondary N) is 2. The van der Waals surface area contributed by atoms with Gasteiger partial charge >= 0.3 is 225 Å². The van der Waals surface area contributed by atoms with Gasteiger partial charge in [0.1, 0.15) is 40.9 Å². The number of aromatic amines is 1. The second-order valence-corrected chi connectivity index (χ2v) is 34.0. The van der Waals surface area contributed by atoms with Crippen LogP contribution in [0.2, 0.25) is 0 Å². The molecule has 11 rings (SSSR count). The SMILES string of the molecule is C.C.C.C.C.C1CCOC1.CCOC(=O)C=C1CCCC1.CCOC(=O)CP(=O)(OCC)OCC.CS(=O)(=O)Cl.CS(=O)(=O)OCCC1CCCC1.Nc1cc(=O)cc[nH]1.Nc1cc(OCCC2CCCC2)ccn1.Nc1cc(OCCC2CCNC2)ccn1.O=C1CCCC1.O=CO[O-].O=CO[O-].OCC=C1CCCC1.OCCC1CCCC1.[H-].[H-].[K+].[K+].[K+].[K+]. The van der Waals surface area contributed by atoms with Crippen molar-refractivity contribution in [1.29, 1.82) is 0 Å². The van der Waals surface area contributed by atoms with Gasteiger partial charge in [-0.2, -0.15) is 8.42 Å². The van der Waals surface area contributed by atoms with E-state index in [4.69, 9.17) is 75.5 Å². The van der Waals surface area contributed by atoms with Gasteiger partial charge < -0.3 is 93.6 Å². The Balaban J connectivity index is -0.000000101. The number of rotatable bonds is 26. The predicted octanol–water partition coefficient (Wildman–Crippen LogP) is 2.47. The van der Waals surface area contributed by atoms with Gasteiger partial charge in [0.15, 0.2) is 5.43 Å². The van der Waals surface area contributed by atoms with E-state index in [2.05, 4.69) is 49.6 Å². The van der Waals surface area contributed by atoms with Gasteiger partial charge in [-0.05, 0) is 186 Å². The molecule has 6 saturated carbocycles. The minimum Gasteiger partial charge on any atom is -1.00 e. The number of halogens is 1. The molecule has 0 amide bonds. The van der Waals surface area contributed by atoms with Gasteiger partial charge in [0.2, 0.25) is 9.05 Å². The van der Waals surface area contributed by atoms with Crippen molar-refractivity contribution < 1.29 is 321 Å². The number of esters is 2. The molecule has 1 unspecified atom stereocenters. The molecule has 1 atom stereocenters. The zero-order chi connectivity index (χ0) is 86.1. The predicted molar refractivity (Wildman–Crippen MR) is 477 cm³/mol. The Bertz CT molecular complexity index is 3280. The largest absolute Gasteiger partial charge is 1.00 e. The van der Waals surface area contributed by atoms with Crippen LogP contribution < -0.4 is 253 Å². The molecular weight excluding hydrogens is 1790 g/mol. The third-order valence-corrected chi connectivity index (χ3v) is 20.2.